The molecule has 0 unspecified atom stereocenters. The van der Waals surface area contributed by atoms with Crippen LogP contribution in [0, 0.1) is 6.92 Å². The van der Waals surface area contributed by atoms with Crippen LogP contribution in [0.2, 0.25) is 0 Å². The second-order valence-corrected chi connectivity index (χ2v) is 7.70. The molecule has 4 rings (SSSR count). The van der Waals surface area contributed by atoms with Crippen molar-refractivity contribution in [3.8, 4) is 17.0 Å². The lowest BCUT2D eigenvalue weighted by molar-refractivity contribution is -0.122. The van der Waals surface area contributed by atoms with Crippen molar-refractivity contribution in [1.82, 2.24) is 24.7 Å². The molecule has 0 saturated carbocycles. The van der Waals surface area contributed by atoms with Crippen molar-refractivity contribution >= 4 is 11.4 Å². The lowest BCUT2D eigenvalue weighted by Gasteiger charge is -2.11. The van der Waals surface area contributed by atoms with Gasteiger partial charge in [0.15, 0.2) is 0 Å². The van der Waals surface area contributed by atoms with Gasteiger partial charge in [-0.1, -0.05) is 49.4 Å². The van der Waals surface area contributed by atoms with E-state index in [4.69, 9.17) is 4.74 Å². The van der Waals surface area contributed by atoms with Crippen LogP contribution in [0.5, 0.6) is 5.75 Å². The smallest absolute Gasteiger partial charge is 0.293 e. The second kappa shape index (κ2) is 9.68. The number of benzene rings is 2. The molecule has 4 aromatic rings. The van der Waals surface area contributed by atoms with Crippen molar-refractivity contribution < 1.29 is 9.53 Å². The van der Waals surface area contributed by atoms with Gasteiger partial charge < -0.3 is 10.1 Å². The number of aryl methyl sites for hydroxylation is 2. The van der Waals surface area contributed by atoms with Gasteiger partial charge in [-0.25, -0.2) is 9.20 Å². The molecular formula is C25H27N5O3. The zero-order valence-corrected chi connectivity index (χ0v) is 19.0. The Kier molecular flexibility index (Phi) is 6.53. The maximum Gasteiger partial charge on any atom is 0.293 e. The van der Waals surface area contributed by atoms with Crippen LogP contribution in [0.25, 0.3) is 16.8 Å². The zero-order chi connectivity index (χ0) is 23.4. The van der Waals surface area contributed by atoms with Crippen LogP contribution in [0.15, 0.2) is 59.4 Å². The van der Waals surface area contributed by atoms with Gasteiger partial charge in [0, 0.05) is 17.7 Å². The minimum Gasteiger partial charge on any atom is -0.494 e. The molecule has 170 valence electrons. The molecule has 2 aromatic carbocycles. The minimum absolute atomic E-state index is 0.182. The first-order valence-corrected chi connectivity index (χ1v) is 11.0. The lowest BCUT2D eigenvalue weighted by Crippen LogP contribution is -2.34. The molecule has 0 aliphatic carbocycles. The van der Waals surface area contributed by atoms with Crippen LogP contribution in [0.4, 0.5) is 0 Å². The number of rotatable bonds is 8. The molecule has 8 nitrogen and oxygen atoms in total. The van der Waals surface area contributed by atoms with Gasteiger partial charge in [-0.3, -0.25) is 9.59 Å². The number of amides is 1. The third-order valence-corrected chi connectivity index (χ3v) is 5.43. The molecule has 2 aromatic heterocycles. The Morgan fingerprint density at radius 3 is 2.55 bits per heavy atom. The number of hydrogen-bond acceptors (Lipinski definition) is 5. The number of ether oxygens (including phenoxy) is 1. The molecule has 33 heavy (non-hydrogen) atoms. The molecule has 0 atom stereocenters. The van der Waals surface area contributed by atoms with Crippen LogP contribution in [-0.2, 0) is 24.3 Å². The number of carbonyl (C=O) groups is 1. The number of fused-ring (bicyclic) bond motifs is 1. The first-order chi connectivity index (χ1) is 16.0. The van der Waals surface area contributed by atoms with E-state index in [0.29, 0.717) is 30.2 Å². The topological polar surface area (TPSA) is 90.5 Å². The maximum atomic E-state index is 13.0. The summed E-state index contributed by atoms with van der Waals surface area (Å²) in [6.45, 7) is 6.43. The van der Waals surface area contributed by atoms with Gasteiger partial charge in [0.1, 0.15) is 23.6 Å². The molecule has 0 saturated heterocycles. The summed E-state index contributed by atoms with van der Waals surface area (Å²) in [7, 11) is 0. The molecule has 0 radical (unpaired) electrons. The highest BCUT2D eigenvalue weighted by Crippen LogP contribution is 2.20. The van der Waals surface area contributed by atoms with E-state index in [9.17, 15) is 9.59 Å². The Hall–Kier alpha value is -3.94. The Morgan fingerprint density at radius 2 is 1.82 bits per heavy atom. The van der Waals surface area contributed by atoms with E-state index in [-0.39, 0.29) is 18.0 Å². The quantitative estimate of drug-likeness (QED) is 0.450. The molecule has 1 N–H and O–H groups in total. The average molecular weight is 446 g/mol. The highest BCUT2D eigenvalue weighted by atomic mass is 16.5. The predicted octanol–water partition coefficient (Wildman–Crippen LogP) is 3.14. The van der Waals surface area contributed by atoms with Gasteiger partial charge in [0.2, 0.25) is 5.91 Å². The monoisotopic (exact) mass is 445 g/mol. The van der Waals surface area contributed by atoms with Crippen molar-refractivity contribution in [3.05, 3.63) is 81.9 Å². The third-order valence-electron chi connectivity index (χ3n) is 5.43. The van der Waals surface area contributed by atoms with Crippen LogP contribution in [0.3, 0.4) is 0 Å². The zero-order valence-electron chi connectivity index (χ0n) is 19.0. The molecular weight excluding hydrogens is 418 g/mol. The number of nitrogens with zero attached hydrogens (tertiary/aromatic N) is 4. The predicted molar refractivity (Wildman–Crippen MR) is 126 cm³/mol. The number of carbonyl (C=O) groups excluding carboxylic acids is 1. The number of hydrogen-bond donors (Lipinski definition) is 1. The summed E-state index contributed by atoms with van der Waals surface area (Å²) < 4.78 is 8.30. The molecule has 0 aliphatic heterocycles. The number of para-hydroxylation sites is 1. The fourth-order valence-electron chi connectivity index (χ4n) is 3.67. The van der Waals surface area contributed by atoms with Crippen LogP contribution < -0.4 is 15.6 Å². The van der Waals surface area contributed by atoms with E-state index in [0.717, 1.165) is 23.3 Å². The van der Waals surface area contributed by atoms with E-state index in [2.05, 4.69) is 34.6 Å². The fourth-order valence-corrected chi connectivity index (χ4v) is 3.67. The van der Waals surface area contributed by atoms with Gasteiger partial charge in [-0.15, -0.1) is 0 Å². The highest BCUT2D eigenvalue weighted by molar-refractivity contribution is 5.76. The van der Waals surface area contributed by atoms with E-state index in [1.165, 1.54) is 14.8 Å². The van der Waals surface area contributed by atoms with E-state index in [1.54, 1.807) is 13.0 Å². The van der Waals surface area contributed by atoms with E-state index in [1.807, 2.05) is 43.3 Å². The second-order valence-electron chi connectivity index (χ2n) is 7.70. The summed E-state index contributed by atoms with van der Waals surface area (Å²) >= 11 is 0. The van der Waals surface area contributed by atoms with E-state index < -0.39 is 0 Å². The first kappa shape index (κ1) is 22.3. The summed E-state index contributed by atoms with van der Waals surface area (Å²) in [5.41, 5.74) is 3.73. The summed E-state index contributed by atoms with van der Waals surface area (Å²) in [6, 6.07) is 17.4. The van der Waals surface area contributed by atoms with Crippen molar-refractivity contribution in [2.24, 2.45) is 0 Å². The number of aromatic nitrogens is 4. The van der Waals surface area contributed by atoms with Crippen LogP contribution >= 0.6 is 0 Å². The van der Waals surface area contributed by atoms with Gasteiger partial charge in [0.05, 0.1) is 12.3 Å². The average Bonchev–Trinajstić information content (AvgIpc) is 3.29. The van der Waals surface area contributed by atoms with Gasteiger partial charge >= 0.3 is 0 Å². The van der Waals surface area contributed by atoms with Crippen molar-refractivity contribution in [1.29, 1.82) is 0 Å². The molecule has 1 amide bonds. The van der Waals surface area contributed by atoms with Crippen LogP contribution in [0.1, 0.15) is 30.8 Å². The molecule has 0 spiro atoms. The Labute approximate surface area is 191 Å². The Balaban J connectivity index is 1.54. The van der Waals surface area contributed by atoms with Crippen molar-refractivity contribution in [2.75, 3.05) is 6.61 Å². The third kappa shape index (κ3) is 4.79. The van der Waals surface area contributed by atoms with Gasteiger partial charge in [-0.2, -0.15) is 10.2 Å². The molecule has 0 aliphatic rings. The molecule has 8 heteroatoms. The molecule has 0 bridgehead atoms. The summed E-state index contributed by atoms with van der Waals surface area (Å²) in [5.74, 6) is 0.941. The molecule has 0 fully saturated rings. The maximum absolute atomic E-state index is 13.0. The summed E-state index contributed by atoms with van der Waals surface area (Å²) in [6.07, 6.45) is 0.957. The number of nitrogens with one attached hydrogen (secondary N) is 1. The van der Waals surface area contributed by atoms with Gasteiger partial charge in [0.25, 0.3) is 5.56 Å². The highest BCUT2D eigenvalue weighted by Gasteiger charge is 2.15. The normalized spacial score (nSPS) is 11.0. The van der Waals surface area contributed by atoms with Crippen LogP contribution in [-0.4, -0.2) is 31.9 Å². The first-order valence-electron chi connectivity index (χ1n) is 11.0. The Morgan fingerprint density at radius 1 is 1.06 bits per heavy atom. The van der Waals surface area contributed by atoms with Gasteiger partial charge in [-0.05, 0) is 38.0 Å². The lowest BCUT2D eigenvalue weighted by atomic mass is 10.1. The van der Waals surface area contributed by atoms with E-state index >= 15 is 0 Å². The fraction of sp³-hybridized carbons (Fsp3) is 0.280. The SMILES string of the molecule is CCOc1ccccc1CNC(=O)Cn1nc(C)n2nc(-c3ccc(CC)cc3)cc2c1=O. The van der Waals surface area contributed by atoms with Crippen molar-refractivity contribution in [3.63, 3.8) is 0 Å². The Bertz CT molecular complexity index is 1340. The summed E-state index contributed by atoms with van der Waals surface area (Å²) in [4.78, 5) is 25.6. The van der Waals surface area contributed by atoms with Crippen molar-refractivity contribution in [2.45, 2.75) is 40.3 Å². The minimum atomic E-state index is -0.366. The standard InChI is InChI=1S/C25H27N5O3/c1-4-18-10-12-19(13-11-18)21-14-22-25(32)29(27-17(3)30(22)28-21)16-24(31)26-15-20-8-6-7-9-23(20)33-5-2/h6-14H,4-5,15-16H2,1-3H3,(H,26,31). The summed E-state index contributed by atoms with van der Waals surface area (Å²) in [5, 5.41) is 11.7. The molecule has 2 heterocycles. The largest absolute Gasteiger partial charge is 0.494 e.